The van der Waals surface area contributed by atoms with Gasteiger partial charge < -0.3 is 20.1 Å². The van der Waals surface area contributed by atoms with Crippen LogP contribution in [0.25, 0.3) is 0 Å². The number of nitrogens with zero attached hydrogens (tertiary/aromatic N) is 4. The van der Waals surface area contributed by atoms with Crippen molar-refractivity contribution in [2.75, 3.05) is 26.2 Å². The predicted molar refractivity (Wildman–Crippen MR) is 166 cm³/mol. The molecule has 0 spiro atoms. The Bertz CT molecular complexity index is 1510. The maximum absolute atomic E-state index is 13.4. The molecule has 0 unspecified atom stereocenters. The van der Waals surface area contributed by atoms with Crippen molar-refractivity contribution in [3.05, 3.63) is 125 Å². The van der Waals surface area contributed by atoms with Gasteiger partial charge in [0.15, 0.2) is 0 Å². The van der Waals surface area contributed by atoms with Crippen LogP contribution in [0, 0.1) is 23.2 Å². The molecule has 1 fully saturated rings. The van der Waals surface area contributed by atoms with E-state index in [1.165, 1.54) is 5.56 Å². The average Bonchev–Trinajstić information content (AvgIpc) is 3.50. The minimum absolute atomic E-state index is 0.00207. The minimum Gasteiger partial charge on any atom is -0.355 e. The number of piperidine rings is 1. The Labute approximate surface area is 253 Å². The maximum atomic E-state index is 13.4. The second-order valence-electron chi connectivity index (χ2n) is 11.2. The number of rotatable bonds is 12. The van der Waals surface area contributed by atoms with Gasteiger partial charge in [-0.3, -0.25) is 9.59 Å². The van der Waals surface area contributed by atoms with Gasteiger partial charge in [-0.1, -0.05) is 72.8 Å². The summed E-state index contributed by atoms with van der Waals surface area (Å²) in [5.74, 6) is -0.528. The molecule has 1 aliphatic heterocycles. The fourth-order valence-corrected chi connectivity index (χ4v) is 5.65. The van der Waals surface area contributed by atoms with Gasteiger partial charge in [0.05, 0.1) is 29.8 Å². The van der Waals surface area contributed by atoms with Crippen molar-refractivity contribution >= 4 is 11.8 Å². The third-order valence-corrected chi connectivity index (χ3v) is 8.05. The van der Waals surface area contributed by atoms with Gasteiger partial charge in [-0.2, -0.15) is 5.26 Å². The summed E-state index contributed by atoms with van der Waals surface area (Å²) in [6, 6.07) is 29.9. The third kappa shape index (κ3) is 8.63. The smallest absolute Gasteiger partial charge is 0.224 e. The van der Waals surface area contributed by atoms with E-state index in [-0.39, 0.29) is 23.7 Å². The van der Waals surface area contributed by atoms with E-state index in [9.17, 15) is 9.59 Å². The highest BCUT2D eigenvalue weighted by Gasteiger charge is 2.34. The molecule has 0 radical (unpaired) electrons. The van der Waals surface area contributed by atoms with Crippen LogP contribution in [0.1, 0.15) is 34.4 Å². The van der Waals surface area contributed by atoms with E-state index in [0.29, 0.717) is 51.1 Å². The molecule has 8 nitrogen and oxygen atoms in total. The van der Waals surface area contributed by atoms with Crippen LogP contribution in [-0.4, -0.2) is 52.4 Å². The lowest BCUT2D eigenvalue weighted by Crippen LogP contribution is -2.50. The van der Waals surface area contributed by atoms with E-state index in [1.54, 1.807) is 6.33 Å². The van der Waals surface area contributed by atoms with E-state index in [0.717, 1.165) is 29.8 Å². The molecule has 1 saturated heterocycles. The molecule has 3 aromatic carbocycles. The first-order valence-electron chi connectivity index (χ1n) is 14.9. The largest absolute Gasteiger partial charge is 0.355 e. The third-order valence-electron chi connectivity index (χ3n) is 8.05. The fraction of sp³-hybridized carbons (Fsp3) is 0.314. The van der Waals surface area contributed by atoms with Crippen LogP contribution in [-0.2, 0) is 35.5 Å². The van der Waals surface area contributed by atoms with Gasteiger partial charge in [0.2, 0.25) is 11.8 Å². The number of amides is 2. The van der Waals surface area contributed by atoms with Crippen molar-refractivity contribution in [3.63, 3.8) is 0 Å². The van der Waals surface area contributed by atoms with Crippen LogP contribution in [0.2, 0.25) is 0 Å². The zero-order valence-corrected chi connectivity index (χ0v) is 24.4. The topological polar surface area (TPSA) is 103 Å². The van der Waals surface area contributed by atoms with Crippen molar-refractivity contribution in [1.82, 2.24) is 25.1 Å². The van der Waals surface area contributed by atoms with Gasteiger partial charge in [0, 0.05) is 57.6 Å². The zero-order chi connectivity index (χ0) is 29.9. The molecule has 2 N–H and O–H groups in total. The van der Waals surface area contributed by atoms with Crippen LogP contribution in [0.15, 0.2) is 97.5 Å². The SMILES string of the molecule is N#Cc1ccc(Cn2cncc2CCNC(=O)[C@@H]2C[C@H](C(=O)NCc3ccccc3)CN(CCc3ccccc3)C2)cc1. The number of carbonyl (C=O) groups is 2. The summed E-state index contributed by atoms with van der Waals surface area (Å²) >= 11 is 0. The molecule has 0 bridgehead atoms. The molecule has 220 valence electrons. The number of nitriles is 1. The lowest BCUT2D eigenvalue weighted by Gasteiger charge is -2.36. The monoisotopic (exact) mass is 574 g/mol. The van der Waals surface area contributed by atoms with Gasteiger partial charge in [0.25, 0.3) is 0 Å². The number of carbonyl (C=O) groups excluding carboxylic acids is 2. The van der Waals surface area contributed by atoms with Crippen molar-refractivity contribution in [3.8, 4) is 6.07 Å². The van der Waals surface area contributed by atoms with Gasteiger partial charge in [-0.05, 0) is 41.7 Å². The van der Waals surface area contributed by atoms with Gasteiger partial charge in [-0.15, -0.1) is 0 Å². The Morgan fingerprint density at radius 1 is 0.814 bits per heavy atom. The van der Waals surface area contributed by atoms with Crippen molar-refractivity contribution < 1.29 is 9.59 Å². The number of nitrogens with one attached hydrogen (secondary N) is 2. The molecule has 4 aromatic rings. The highest BCUT2D eigenvalue weighted by atomic mass is 16.2. The standard InChI is InChI=1S/C35H38N6O2/c36-20-28-11-13-30(14-12-28)23-41-26-37-22-33(41)15-17-38-34(42)31-19-32(35(43)39-21-29-9-5-2-6-10-29)25-40(24-31)18-16-27-7-3-1-4-8-27/h1-14,22,26,31-32H,15-19,21,23-25H2,(H,38,42)(H,39,43)/t31-,32+/m1/s1. The Kier molecular flexibility index (Phi) is 10.3. The molecule has 2 atom stereocenters. The van der Waals surface area contributed by atoms with Gasteiger partial charge >= 0.3 is 0 Å². The molecule has 0 saturated carbocycles. The Hall–Kier alpha value is -4.74. The summed E-state index contributed by atoms with van der Waals surface area (Å²) in [7, 11) is 0. The second kappa shape index (κ2) is 14.9. The zero-order valence-electron chi connectivity index (χ0n) is 24.4. The number of likely N-dealkylation sites (tertiary alicyclic amines) is 1. The van der Waals surface area contributed by atoms with Crippen molar-refractivity contribution in [2.24, 2.45) is 11.8 Å². The van der Waals surface area contributed by atoms with Crippen molar-refractivity contribution in [2.45, 2.75) is 32.4 Å². The van der Waals surface area contributed by atoms with E-state index < -0.39 is 0 Å². The summed E-state index contributed by atoms with van der Waals surface area (Å²) in [5.41, 5.74) is 5.04. The fourth-order valence-electron chi connectivity index (χ4n) is 5.65. The first-order chi connectivity index (χ1) is 21.1. The molecule has 2 heterocycles. The average molecular weight is 575 g/mol. The molecule has 1 aromatic heterocycles. The van der Waals surface area contributed by atoms with Crippen molar-refractivity contribution in [1.29, 1.82) is 5.26 Å². The molecular formula is C35H38N6O2. The molecule has 8 heteroatoms. The van der Waals surface area contributed by atoms with Crippen LogP contribution in [0.4, 0.5) is 0 Å². The quantitative estimate of drug-likeness (QED) is 0.267. The van der Waals surface area contributed by atoms with E-state index in [2.05, 4.69) is 43.3 Å². The number of imidazole rings is 1. The second-order valence-corrected chi connectivity index (χ2v) is 11.2. The Balaban J connectivity index is 1.17. The summed E-state index contributed by atoms with van der Waals surface area (Å²) in [4.78, 5) is 33.2. The molecule has 1 aliphatic rings. The Morgan fingerprint density at radius 2 is 1.47 bits per heavy atom. The van der Waals surface area contributed by atoms with Gasteiger partial charge in [-0.25, -0.2) is 4.98 Å². The molecule has 2 amide bonds. The number of benzene rings is 3. The summed E-state index contributed by atoms with van der Waals surface area (Å²) in [6.07, 6.45) is 5.67. The summed E-state index contributed by atoms with van der Waals surface area (Å²) < 4.78 is 2.06. The molecular weight excluding hydrogens is 536 g/mol. The number of aromatic nitrogens is 2. The first-order valence-corrected chi connectivity index (χ1v) is 14.9. The lowest BCUT2D eigenvalue weighted by molar-refractivity contribution is -0.132. The van der Waals surface area contributed by atoms with E-state index in [4.69, 9.17) is 5.26 Å². The van der Waals surface area contributed by atoms with Crippen LogP contribution in [0.5, 0.6) is 0 Å². The van der Waals surface area contributed by atoms with Crippen LogP contribution < -0.4 is 10.6 Å². The highest BCUT2D eigenvalue weighted by molar-refractivity contribution is 5.82. The predicted octanol–water partition coefficient (Wildman–Crippen LogP) is 3.96. The van der Waals surface area contributed by atoms with Crippen LogP contribution in [0.3, 0.4) is 0 Å². The Morgan fingerprint density at radius 3 is 2.14 bits per heavy atom. The van der Waals surface area contributed by atoms with E-state index in [1.807, 2.05) is 79.0 Å². The number of hydrogen-bond donors (Lipinski definition) is 2. The maximum Gasteiger partial charge on any atom is 0.224 e. The first kappa shape index (κ1) is 29.7. The minimum atomic E-state index is -0.263. The van der Waals surface area contributed by atoms with Crippen LogP contribution >= 0.6 is 0 Å². The summed E-state index contributed by atoms with van der Waals surface area (Å²) in [5, 5.41) is 15.3. The highest BCUT2D eigenvalue weighted by Crippen LogP contribution is 2.23. The normalized spacial score (nSPS) is 16.7. The summed E-state index contributed by atoms with van der Waals surface area (Å²) in [6.45, 7) is 3.69. The van der Waals surface area contributed by atoms with Gasteiger partial charge in [0.1, 0.15) is 0 Å². The molecule has 5 rings (SSSR count). The molecule has 43 heavy (non-hydrogen) atoms. The van der Waals surface area contributed by atoms with E-state index >= 15 is 0 Å². The molecule has 0 aliphatic carbocycles. The lowest BCUT2D eigenvalue weighted by atomic mass is 9.87. The number of hydrogen-bond acceptors (Lipinski definition) is 5.